The van der Waals surface area contributed by atoms with Gasteiger partial charge in [0.15, 0.2) is 21.3 Å². The Morgan fingerprint density at radius 1 is 0.862 bits per heavy atom. The van der Waals surface area contributed by atoms with E-state index in [4.69, 9.17) is 0 Å². The maximum Gasteiger partial charge on any atom is 0.255 e. The smallest absolute Gasteiger partial charge is 0.255 e. The van der Waals surface area contributed by atoms with E-state index in [1.807, 2.05) is 53.4 Å². The van der Waals surface area contributed by atoms with Gasteiger partial charge in [-0.2, -0.15) is 4.98 Å². The van der Waals surface area contributed by atoms with Gasteiger partial charge in [0.25, 0.3) is 5.91 Å². The van der Waals surface area contributed by atoms with Gasteiger partial charge in [0.05, 0.1) is 23.1 Å². The van der Waals surface area contributed by atoms with E-state index in [9.17, 15) is 27.6 Å². The summed E-state index contributed by atoms with van der Waals surface area (Å²) in [6, 6.07) is 25.7. The second-order valence-corrected chi connectivity index (χ2v) is 17.2. The van der Waals surface area contributed by atoms with Crippen LogP contribution in [0.25, 0.3) is 16.9 Å². The Hall–Kier alpha value is -6.09. The van der Waals surface area contributed by atoms with Crippen molar-refractivity contribution in [2.24, 2.45) is 0 Å². The summed E-state index contributed by atoms with van der Waals surface area (Å²) in [7, 11) is -3.29. The number of aromatic nitrogens is 3. The normalized spacial score (nSPS) is 17.2. The molecule has 1 saturated heterocycles. The van der Waals surface area contributed by atoms with E-state index in [1.54, 1.807) is 33.7 Å². The van der Waals surface area contributed by atoms with Crippen LogP contribution in [-0.4, -0.2) is 101 Å². The standard InChI is InChI=1S/C43H46N8O6S/c1-58(56,57)35-18-10-29(11-19-35)37-6-5-7-40-46-43(47-51(37)40)45-31-13-15-33(16-14-31)48-22-24-49(25-23-48)41(54)8-3-2-4-21-44-32-12-9-30-28-50(42(55)36(30)26-32)38-20-17-34(52)27-39(38)53/h5-7,9-16,18-19,26,38,44H,2-4,8,17,20-25,27-28H2,1H3,(H,45,47). The lowest BCUT2D eigenvalue weighted by molar-refractivity contribution is -0.133. The Balaban J connectivity index is 0.752. The number of amides is 2. The number of anilines is 4. The maximum absolute atomic E-state index is 13.1. The number of piperazine rings is 1. The van der Waals surface area contributed by atoms with Crippen LogP contribution in [0.4, 0.5) is 23.0 Å². The van der Waals surface area contributed by atoms with Gasteiger partial charge in [0.2, 0.25) is 11.9 Å². The highest BCUT2D eigenvalue weighted by molar-refractivity contribution is 7.90. The molecular formula is C43H46N8O6S. The highest BCUT2D eigenvalue weighted by Crippen LogP contribution is 2.31. The Morgan fingerprint density at radius 2 is 1.62 bits per heavy atom. The molecule has 8 rings (SSSR count). The van der Waals surface area contributed by atoms with Crippen LogP contribution in [0.5, 0.6) is 0 Å². The number of pyridine rings is 1. The van der Waals surface area contributed by atoms with Gasteiger partial charge in [-0.05, 0) is 85.5 Å². The van der Waals surface area contributed by atoms with Crippen molar-refractivity contribution in [2.75, 3.05) is 54.5 Å². The topological polar surface area (TPSA) is 166 Å². The fourth-order valence-corrected chi connectivity index (χ4v) is 8.62. The van der Waals surface area contributed by atoms with Crippen LogP contribution in [0.15, 0.2) is 89.8 Å². The molecule has 5 aromatic rings. The van der Waals surface area contributed by atoms with E-state index in [-0.39, 0.29) is 34.7 Å². The Bertz CT molecular complexity index is 2480. The highest BCUT2D eigenvalue weighted by atomic mass is 32.2. The Morgan fingerprint density at radius 3 is 2.36 bits per heavy atom. The maximum atomic E-state index is 13.1. The Kier molecular flexibility index (Phi) is 11.0. The van der Waals surface area contributed by atoms with Crippen LogP contribution < -0.4 is 15.5 Å². The van der Waals surface area contributed by atoms with Gasteiger partial charge in [-0.1, -0.05) is 30.7 Å². The van der Waals surface area contributed by atoms with Gasteiger partial charge in [0, 0.05) is 86.6 Å². The number of benzene rings is 3. The van der Waals surface area contributed by atoms with Crippen molar-refractivity contribution in [3.63, 3.8) is 0 Å². The number of carbonyl (C=O) groups excluding carboxylic acids is 4. The van der Waals surface area contributed by atoms with Crippen molar-refractivity contribution in [3.05, 3.63) is 96.1 Å². The largest absolute Gasteiger partial charge is 0.385 e. The minimum absolute atomic E-state index is 0.0500. The number of fused-ring (bicyclic) bond motifs is 2. The first-order valence-corrected chi connectivity index (χ1v) is 21.7. The molecule has 2 amide bonds. The molecular weight excluding hydrogens is 757 g/mol. The predicted molar refractivity (Wildman–Crippen MR) is 221 cm³/mol. The molecule has 15 heteroatoms. The molecule has 1 aliphatic carbocycles. The minimum atomic E-state index is -3.29. The molecule has 14 nitrogen and oxygen atoms in total. The summed E-state index contributed by atoms with van der Waals surface area (Å²) in [6.45, 7) is 3.97. The van der Waals surface area contributed by atoms with Gasteiger partial charge in [-0.3, -0.25) is 19.2 Å². The summed E-state index contributed by atoms with van der Waals surface area (Å²) in [4.78, 5) is 61.0. The van der Waals surface area contributed by atoms with E-state index in [0.717, 1.165) is 72.8 Å². The summed E-state index contributed by atoms with van der Waals surface area (Å²) >= 11 is 0. The van der Waals surface area contributed by atoms with Crippen LogP contribution in [0.2, 0.25) is 0 Å². The van der Waals surface area contributed by atoms with E-state index >= 15 is 0 Å². The summed E-state index contributed by atoms with van der Waals surface area (Å²) in [5.41, 5.74) is 6.56. The third kappa shape index (κ3) is 8.44. The zero-order chi connectivity index (χ0) is 40.4. The number of unbranched alkanes of at least 4 members (excludes halogenated alkanes) is 2. The second kappa shape index (κ2) is 16.4. The van der Waals surface area contributed by atoms with Gasteiger partial charge in [-0.15, -0.1) is 5.10 Å². The van der Waals surface area contributed by atoms with Crippen molar-refractivity contribution in [1.82, 2.24) is 24.4 Å². The van der Waals surface area contributed by atoms with Gasteiger partial charge in [-0.25, -0.2) is 12.9 Å². The van der Waals surface area contributed by atoms with Crippen LogP contribution in [-0.2, 0) is 30.8 Å². The molecule has 4 heterocycles. The summed E-state index contributed by atoms with van der Waals surface area (Å²) in [5.74, 6) is 0.265. The average Bonchev–Trinajstić information content (AvgIpc) is 3.78. The number of sulfone groups is 1. The lowest BCUT2D eigenvalue weighted by Gasteiger charge is -2.36. The number of carbonyl (C=O) groups is 4. The lowest BCUT2D eigenvalue weighted by Crippen LogP contribution is -2.48. The van der Waals surface area contributed by atoms with E-state index in [0.29, 0.717) is 56.1 Å². The molecule has 1 atom stereocenters. The van der Waals surface area contributed by atoms with Gasteiger partial charge < -0.3 is 25.3 Å². The molecule has 3 aliphatic rings. The molecule has 300 valence electrons. The summed E-state index contributed by atoms with van der Waals surface area (Å²) in [6.07, 6.45) is 4.98. The predicted octanol–water partition coefficient (Wildman–Crippen LogP) is 5.51. The van der Waals surface area contributed by atoms with Gasteiger partial charge in [0.1, 0.15) is 5.78 Å². The molecule has 2 aliphatic heterocycles. The van der Waals surface area contributed by atoms with E-state index in [2.05, 4.69) is 37.7 Å². The molecule has 1 unspecified atom stereocenters. The molecule has 2 N–H and O–H groups in total. The molecule has 2 fully saturated rings. The number of rotatable bonds is 13. The number of nitrogens with zero attached hydrogens (tertiary/aromatic N) is 6. The minimum Gasteiger partial charge on any atom is -0.385 e. The van der Waals surface area contributed by atoms with Crippen LogP contribution >= 0.6 is 0 Å². The van der Waals surface area contributed by atoms with Crippen LogP contribution in [0, 0.1) is 0 Å². The second-order valence-electron chi connectivity index (χ2n) is 15.2. The van der Waals surface area contributed by atoms with E-state index < -0.39 is 15.9 Å². The number of ketones is 2. The first kappa shape index (κ1) is 38.8. The molecule has 0 spiro atoms. The van der Waals surface area contributed by atoms with Crippen molar-refractivity contribution in [1.29, 1.82) is 0 Å². The van der Waals surface area contributed by atoms with Crippen molar-refractivity contribution < 1.29 is 27.6 Å². The molecule has 58 heavy (non-hydrogen) atoms. The van der Waals surface area contributed by atoms with Crippen molar-refractivity contribution >= 4 is 61.9 Å². The number of nitrogens with one attached hydrogen (secondary N) is 2. The molecule has 3 aromatic carbocycles. The zero-order valence-corrected chi connectivity index (χ0v) is 33.2. The Labute approximate surface area is 337 Å². The first-order valence-electron chi connectivity index (χ1n) is 19.8. The monoisotopic (exact) mass is 802 g/mol. The SMILES string of the molecule is CS(=O)(=O)c1ccc(-c2cccc3nc(Nc4ccc(N5CCN(C(=O)CCCCCNc6ccc7c(c6)C(=O)N(C6CCC(=O)CC6=O)C7)CC5)cc4)nn23)cc1. The van der Waals surface area contributed by atoms with Crippen LogP contribution in [0.3, 0.4) is 0 Å². The van der Waals surface area contributed by atoms with Crippen LogP contribution in [0.1, 0.15) is 60.9 Å². The number of Topliss-reactive ketones (excluding diaryl/α,β-unsaturated/α-hetero) is 2. The fraction of sp³-hybridized carbons (Fsp3) is 0.349. The van der Waals surface area contributed by atoms with Gasteiger partial charge >= 0.3 is 0 Å². The number of hydrogen-bond donors (Lipinski definition) is 2. The third-order valence-electron chi connectivity index (χ3n) is 11.2. The molecule has 1 saturated carbocycles. The molecule has 2 aromatic heterocycles. The van der Waals surface area contributed by atoms with Crippen molar-refractivity contribution in [3.8, 4) is 11.3 Å². The van der Waals surface area contributed by atoms with Crippen molar-refractivity contribution in [2.45, 2.75) is 62.4 Å². The quantitative estimate of drug-likeness (QED) is 0.114. The lowest BCUT2D eigenvalue weighted by atomic mass is 9.92. The highest BCUT2D eigenvalue weighted by Gasteiger charge is 2.39. The summed E-state index contributed by atoms with van der Waals surface area (Å²) in [5, 5.41) is 11.4. The molecule has 0 bridgehead atoms. The average molecular weight is 803 g/mol. The first-order chi connectivity index (χ1) is 28.0. The third-order valence-corrected chi connectivity index (χ3v) is 12.3. The summed E-state index contributed by atoms with van der Waals surface area (Å²) < 4.78 is 25.5. The zero-order valence-electron chi connectivity index (χ0n) is 32.4. The van der Waals surface area contributed by atoms with E-state index in [1.165, 1.54) is 6.26 Å². The molecule has 0 radical (unpaired) electrons. The number of hydrogen-bond acceptors (Lipinski definition) is 11. The fourth-order valence-electron chi connectivity index (χ4n) is 7.99.